The monoisotopic (exact) mass is 401 g/mol. The molecule has 1 aliphatic rings. The molecule has 4 rings (SSSR count). The highest BCUT2D eigenvalue weighted by Gasteiger charge is 2.27. The van der Waals surface area contributed by atoms with Crippen LogP contribution in [0.1, 0.15) is 20.9 Å². The molecule has 0 bridgehead atoms. The first-order chi connectivity index (χ1) is 12.8. The van der Waals surface area contributed by atoms with E-state index in [1.807, 2.05) is 24.3 Å². The number of hydrogen-bond donors (Lipinski definition) is 0. The van der Waals surface area contributed by atoms with Crippen LogP contribution >= 0.6 is 11.3 Å². The molecular weight excluding hydrogens is 382 g/mol. The van der Waals surface area contributed by atoms with E-state index in [0.29, 0.717) is 30.8 Å². The van der Waals surface area contributed by atoms with Crippen molar-refractivity contribution in [1.29, 1.82) is 0 Å². The summed E-state index contributed by atoms with van der Waals surface area (Å²) in [5, 5.41) is 0.886. The number of carbonyl (C=O) groups excluding carboxylic acids is 1. The lowest BCUT2D eigenvalue weighted by Gasteiger charge is -2.18. The van der Waals surface area contributed by atoms with E-state index in [9.17, 15) is 13.2 Å². The van der Waals surface area contributed by atoms with Gasteiger partial charge in [-0.05, 0) is 42.3 Å². The third-order valence-electron chi connectivity index (χ3n) is 4.64. The number of thiazole rings is 1. The van der Waals surface area contributed by atoms with Gasteiger partial charge in [-0.1, -0.05) is 12.1 Å². The van der Waals surface area contributed by atoms with E-state index in [1.165, 1.54) is 10.6 Å². The van der Waals surface area contributed by atoms with Crippen LogP contribution in [-0.2, 0) is 23.0 Å². The van der Waals surface area contributed by atoms with E-state index in [0.717, 1.165) is 20.8 Å². The van der Waals surface area contributed by atoms with Crippen molar-refractivity contribution >= 4 is 43.2 Å². The molecule has 0 N–H and O–H groups in total. The molecule has 1 aromatic heterocycles. The fraction of sp³-hybridized carbons (Fsp3) is 0.263. The van der Waals surface area contributed by atoms with Crippen molar-refractivity contribution < 1.29 is 13.2 Å². The molecule has 0 spiro atoms. The summed E-state index contributed by atoms with van der Waals surface area (Å²) in [4.78, 5) is 19.0. The second-order valence-electron chi connectivity index (χ2n) is 6.67. The Kier molecular flexibility index (Phi) is 4.39. The van der Waals surface area contributed by atoms with E-state index in [2.05, 4.69) is 4.98 Å². The first kappa shape index (κ1) is 17.9. The van der Waals surface area contributed by atoms with Gasteiger partial charge >= 0.3 is 0 Å². The molecule has 0 saturated heterocycles. The number of fused-ring (bicyclic) bond motifs is 2. The highest BCUT2D eigenvalue weighted by Crippen LogP contribution is 2.31. The van der Waals surface area contributed by atoms with Crippen molar-refractivity contribution in [2.45, 2.75) is 13.0 Å². The van der Waals surface area contributed by atoms with Gasteiger partial charge in [0.05, 0.1) is 28.7 Å². The molecule has 3 aromatic rings. The number of nitrogens with zero attached hydrogens (tertiary/aromatic N) is 3. The predicted octanol–water partition coefficient (Wildman–Crippen LogP) is 2.89. The zero-order chi connectivity index (χ0) is 19.2. The first-order valence-corrected chi connectivity index (χ1v) is 11.2. The van der Waals surface area contributed by atoms with Crippen molar-refractivity contribution in [1.82, 2.24) is 9.88 Å². The van der Waals surface area contributed by atoms with Crippen LogP contribution in [0.4, 0.5) is 5.69 Å². The summed E-state index contributed by atoms with van der Waals surface area (Å²) in [6, 6.07) is 13.1. The van der Waals surface area contributed by atoms with E-state index >= 15 is 0 Å². The topological polar surface area (TPSA) is 70.6 Å². The number of amides is 1. The van der Waals surface area contributed by atoms with Gasteiger partial charge < -0.3 is 4.90 Å². The zero-order valence-electron chi connectivity index (χ0n) is 15.0. The van der Waals surface area contributed by atoms with Crippen LogP contribution in [0.25, 0.3) is 10.2 Å². The van der Waals surface area contributed by atoms with Gasteiger partial charge in [-0.2, -0.15) is 0 Å². The molecule has 27 heavy (non-hydrogen) atoms. The molecule has 0 atom stereocenters. The lowest BCUT2D eigenvalue weighted by molar-refractivity contribution is 0.0785. The quantitative estimate of drug-likeness (QED) is 0.674. The molecule has 2 heterocycles. The average molecular weight is 402 g/mol. The van der Waals surface area contributed by atoms with Crippen molar-refractivity contribution in [3.63, 3.8) is 0 Å². The highest BCUT2D eigenvalue weighted by atomic mass is 32.2. The van der Waals surface area contributed by atoms with Crippen molar-refractivity contribution in [2.75, 3.05) is 24.2 Å². The van der Waals surface area contributed by atoms with Crippen LogP contribution in [-0.4, -0.2) is 44.1 Å². The highest BCUT2D eigenvalue weighted by molar-refractivity contribution is 7.92. The fourth-order valence-electron chi connectivity index (χ4n) is 3.33. The number of benzene rings is 2. The second-order valence-corrected chi connectivity index (χ2v) is 9.69. The minimum Gasteiger partial charge on any atom is -0.335 e. The van der Waals surface area contributed by atoms with E-state index < -0.39 is 10.0 Å². The van der Waals surface area contributed by atoms with E-state index in [1.54, 1.807) is 41.5 Å². The molecule has 0 unspecified atom stereocenters. The molecular formula is C19H19N3O3S2. The molecule has 1 amide bonds. The third kappa shape index (κ3) is 3.42. The number of aromatic nitrogens is 1. The Morgan fingerprint density at radius 2 is 2.04 bits per heavy atom. The molecule has 0 radical (unpaired) electrons. The van der Waals surface area contributed by atoms with Gasteiger partial charge in [0.1, 0.15) is 5.01 Å². The summed E-state index contributed by atoms with van der Waals surface area (Å²) >= 11 is 1.58. The minimum absolute atomic E-state index is 0.102. The van der Waals surface area contributed by atoms with Gasteiger partial charge in [-0.15, -0.1) is 11.3 Å². The maximum atomic E-state index is 12.8. The van der Waals surface area contributed by atoms with Crippen LogP contribution < -0.4 is 4.31 Å². The van der Waals surface area contributed by atoms with Crippen LogP contribution in [0.3, 0.4) is 0 Å². The van der Waals surface area contributed by atoms with Crippen LogP contribution in [0, 0.1) is 0 Å². The fourth-order valence-corrected chi connectivity index (χ4v) is 5.31. The lowest BCUT2D eigenvalue weighted by atomic mass is 10.1. The Morgan fingerprint density at radius 1 is 1.26 bits per heavy atom. The van der Waals surface area contributed by atoms with E-state index in [-0.39, 0.29) is 5.91 Å². The van der Waals surface area contributed by atoms with Gasteiger partial charge in [-0.25, -0.2) is 13.4 Å². The summed E-state index contributed by atoms with van der Waals surface area (Å²) in [6.07, 6.45) is 1.82. The molecule has 8 heteroatoms. The maximum Gasteiger partial charge on any atom is 0.253 e. The number of rotatable bonds is 4. The van der Waals surface area contributed by atoms with Gasteiger partial charge in [0.25, 0.3) is 5.91 Å². The Hall–Kier alpha value is -2.45. The van der Waals surface area contributed by atoms with E-state index in [4.69, 9.17) is 0 Å². The lowest BCUT2D eigenvalue weighted by Crippen LogP contribution is -2.27. The number of anilines is 1. The van der Waals surface area contributed by atoms with Crippen molar-refractivity contribution in [3.8, 4) is 0 Å². The smallest absolute Gasteiger partial charge is 0.253 e. The number of carbonyl (C=O) groups is 1. The Labute approximate surface area is 162 Å². The molecule has 2 aromatic carbocycles. The Morgan fingerprint density at radius 3 is 2.78 bits per heavy atom. The van der Waals surface area contributed by atoms with Crippen LogP contribution in [0.15, 0.2) is 42.5 Å². The molecule has 140 valence electrons. The Bertz CT molecular complexity index is 1110. The van der Waals surface area contributed by atoms with Gasteiger partial charge in [0, 0.05) is 19.2 Å². The molecule has 0 aliphatic carbocycles. The van der Waals surface area contributed by atoms with Gasteiger partial charge in [0.15, 0.2) is 0 Å². The largest absolute Gasteiger partial charge is 0.335 e. The van der Waals surface area contributed by atoms with Gasteiger partial charge in [-0.3, -0.25) is 9.10 Å². The number of hydrogen-bond acceptors (Lipinski definition) is 5. The van der Waals surface area contributed by atoms with Crippen molar-refractivity contribution in [2.24, 2.45) is 0 Å². The summed E-state index contributed by atoms with van der Waals surface area (Å²) in [6.45, 7) is 0.859. The summed E-state index contributed by atoms with van der Waals surface area (Å²) in [5.41, 5.74) is 3.06. The first-order valence-electron chi connectivity index (χ1n) is 8.53. The standard InChI is InChI=1S/C19H19N3O3S2/c1-21(12-18-20-15-5-3-4-6-17(15)26-18)19(23)14-7-8-16-13(11-14)9-10-22(16)27(2,24)25/h3-8,11H,9-10,12H2,1-2H3. The summed E-state index contributed by atoms with van der Waals surface area (Å²) in [7, 11) is -1.53. The molecule has 0 fully saturated rings. The predicted molar refractivity (Wildman–Crippen MR) is 108 cm³/mol. The minimum atomic E-state index is -3.29. The Balaban J connectivity index is 1.54. The molecule has 0 saturated carbocycles. The van der Waals surface area contributed by atoms with Gasteiger partial charge in [0.2, 0.25) is 10.0 Å². The van der Waals surface area contributed by atoms with Crippen LogP contribution in [0.2, 0.25) is 0 Å². The zero-order valence-corrected chi connectivity index (χ0v) is 16.7. The molecule has 1 aliphatic heterocycles. The summed E-state index contributed by atoms with van der Waals surface area (Å²) in [5.74, 6) is -0.102. The summed E-state index contributed by atoms with van der Waals surface area (Å²) < 4.78 is 26.2. The second kappa shape index (κ2) is 6.61. The normalized spacial score (nSPS) is 13.8. The third-order valence-corrected chi connectivity index (χ3v) is 6.84. The van der Waals surface area contributed by atoms with Crippen molar-refractivity contribution in [3.05, 3.63) is 58.6 Å². The average Bonchev–Trinajstić information content (AvgIpc) is 3.23. The maximum absolute atomic E-state index is 12.8. The number of sulfonamides is 1. The SMILES string of the molecule is CN(Cc1nc2ccccc2s1)C(=O)c1ccc2c(c1)CCN2S(C)(=O)=O. The molecule has 6 nitrogen and oxygen atoms in total. The van der Waals surface area contributed by atoms with Crippen LogP contribution in [0.5, 0.6) is 0 Å². The number of para-hydroxylation sites is 1.